The molecule has 0 radical (unpaired) electrons. The highest BCUT2D eigenvalue weighted by atomic mass is 16.4. The van der Waals surface area contributed by atoms with Gasteiger partial charge in [-0.1, -0.05) is 12.1 Å². The fraction of sp³-hybridized carbons (Fsp3) is 0.167. The number of fused-ring (bicyclic) bond motifs is 1. The van der Waals surface area contributed by atoms with Gasteiger partial charge in [-0.3, -0.25) is 4.40 Å². The van der Waals surface area contributed by atoms with Crippen LogP contribution in [0.25, 0.3) is 5.65 Å². The van der Waals surface area contributed by atoms with Gasteiger partial charge in [0.15, 0.2) is 11.5 Å². The van der Waals surface area contributed by atoms with Gasteiger partial charge in [0.2, 0.25) is 0 Å². The first-order chi connectivity index (χ1) is 8.13. The van der Waals surface area contributed by atoms with E-state index in [0.29, 0.717) is 11.5 Å². The Balaban J connectivity index is 2.57. The maximum atomic E-state index is 11.2. The van der Waals surface area contributed by atoms with Crippen LogP contribution in [-0.4, -0.2) is 26.5 Å². The molecule has 0 aliphatic carbocycles. The second-order valence-corrected chi connectivity index (χ2v) is 3.71. The molecule has 2 aromatic rings. The molecule has 5 nitrogen and oxygen atoms in total. The molecule has 2 N–H and O–H groups in total. The number of rotatable bonds is 4. The van der Waals surface area contributed by atoms with Crippen molar-refractivity contribution in [1.29, 1.82) is 0 Å². The third kappa shape index (κ3) is 1.99. The topological polar surface area (TPSA) is 66.6 Å². The van der Waals surface area contributed by atoms with Gasteiger partial charge in [0.25, 0.3) is 0 Å². The van der Waals surface area contributed by atoms with Crippen molar-refractivity contribution < 1.29 is 9.90 Å². The lowest BCUT2D eigenvalue weighted by Gasteiger charge is -2.08. The lowest BCUT2D eigenvalue weighted by molar-refractivity contribution is 0.0690. The number of pyridine rings is 1. The van der Waals surface area contributed by atoms with E-state index in [1.54, 1.807) is 28.8 Å². The highest BCUT2D eigenvalue weighted by molar-refractivity contribution is 5.93. The zero-order valence-corrected chi connectivity index (χ0v) is 9.42. The molecule has 1 atom stereocenters. The summed E-state index contributed by atoms with van der Waals surface area (Å²) in [6, 6.07) is 5.30. The summed E-state index contributed by atoms with van der Waals surface area (Å²) >= 11 is 0. The predicted molar refractivity (Wildman–Crippen MR) is 65.4 cm³/mol. The zero-order chi connectivity index (χ0) is 12.4. The third-order valence-electron chi connectivity index (χ3n) is 2.45. The number of aromatic nitrogens is 2. The fourth-order valence-electron chi connectivity index (χ4n) is 1.58. The number of carbonyl (C=O) groups is 1. The molecule has 2 aromatic heterocycles. The van der Waals surface area contributed by atoms with Crippen LogP contribution in [0.15, 0.2) is 37.1 Å². The van der Waals surface area contributed by atoms with Gasteiger partial charge < -0.3 is 10.4 Å². The summed E-state index contributed by atoms with van der Waals surface area (Å²) in [5.74, 6) is -0.654. The standard InChI is InChI=1S/C12H13N3O2/c1-3-8(2)13-11-10(12(16)17)15-7-5-4-6-9(15)14-11/h3-8,13H,1H2,2H3,(H,16,17). The van der Waals surface area contributed by atoms with Crippen LogP contribution >= 0.6 is 0 Å². The summed E-state index contributed by atoms with van der Waals surface area (Å²) in [5.41, 5.74) is 0.734. The third-order valence-corrected chi connectivity index (χ3v) is 2.45. The van der Waals surface area contributed by atoms with Gasteiger partial charge in [-0.05, 0) is 19.1 Å². The fourth-order valence-corrected chi connectivity index (χ4v) is 1.58. The van der Waals surface area contributed by atoms with Gasteiger partial charge in [0.05, 0.1) is 0 Å². The van der Waals surface area contributed by atoms with Crippen LogP contribution in [0.3, 0.4) is 0 Å². The van der Waals surface area contributed by atoms with Crippen molar-refractivity contribution >= 4 is 17.4 Å². The van der Waals surface area contributed by atoms with Crippen molar-refractivity contribution in [1.82, 2.24) is 9.38 Å². The number of aromatic carboxylic acids is 1. The van der Waals surface area contributed by atoms with Crippen molar-refractivity contribution in [2.45, 2.75) is 13.0 Å². The Labute approximate surface area is 98.4 Å². The number of anilines is 1. The highest BCUT2D eigenvalue weighted by Gasteiger charge is 2.18. The maximum Gasteiger partial charge on any atom is 0.356 e. The lowest BCUT2D eigenvalue weighted by Crippen LogP contribution is -2.15. The number of nitrogens with zero attached hydrogens (tertiary/aromatic N) is 2. The van der Waals surface area contributed by atoms with Crippen LogP contribution in [0, 0.1) is 0 Å². The highest BCUT2D eigenvalue weighted by Crippen LogP contribution is 2.18. The Bertz CT molecular complexity index is 574. The second kappa shape index (κ2) is 4.29. The van der Waals surface area contributed by atoms with E-state index < -0.39 is 5.97 Å². The van der Waals surface area contributed by atoms with Crippen molar-refractivity contribution in [2.24, 2.45) is 0 Å². The second-order valence-electron chi connectivity index (χ2n) is 3.71. The van der Waals surface area contributed by atoms with Gasteiger partial charge in [-0.25, -0.2) is 9.78 Å². The van der Waals surface area contributed by atoms with Crippen LogP contribution in [0.2, 0.25) is 0 Å². The zero-order valence-electron chi connectivity index (χ0n) is 9.42. The molecule has 1 unspecified atom stereocenters. The van der Waals surface area contributed by atoms with E-state index in [-0.39, 0.29) is 11.7 Å². The number of hydrogen-bond donors (Lipinski definition) is 2. The molecule has 0 aromatic carbocycles. The summed E-state index contributed by atoms with van der Waals surface area (Å²) in [4.78, 5) is 15.5. The minimum absolute atomic E-state index is 0.0435. The van der Waals surface area contributed by atoms with Crippen LogP contribution in [-0.2, 0) is 0 Å². The Morgan fingerprint density at radius 2 is 2.41 bits per heavy atom. The van der Waals surface area contributed by atoms with Gasteiger partial charge in [-0.2, -0.15) is 0 Å². The first-order valence-corrected chi connectivity index (χ1v) is 5.23. The number of carboxylic acids is 1. The largest absolute Gasteiger partial charge is 0.476 e. The Morgan fingerprint density at radius 3 is 3.06 bits per heavy atom. The van der Waals surface area contributed by atoms with Gasteiger partial charge in [-0.15, -0.1) is 6.58 Å². The van der Waals surface area contributed by atoms with Crippen LogP contribution in [0.4, 0.5) is 5.82 Å². The summed E-state index contributed by atoms with van der Waals surface area (Å²) < 4.78 is 1.54. The van der Waals surface area contributed by atoms with Crippen LogP contribution in [0.1, 0.15) is 17.4 Å². The minimum Gasteiger partial charge on any atom is -0.476 e. The quantitative estimate of drug-likeness (QED) is 0.790. The van der Waals surface area contributed by atoms with Crippen molar-refractivity contribution in [3.63, 3.8) is 0 Å². The van der Waals surface area contributed by atoms with Crippen LogP contribution < -0.4 is 5.32 Å². The molecule has 2 heterocycles. The van der Waals surface area contributed by atoms with E-state index in [4.69, 9.17) is 0 Å². The summed E-state index contributed by atoms with van der Waals surface area (Å²) in [6.07, 6.45) is 3.37. The van der Waals surface area contributed by atoms with Crippen molar-refractivity contribution in [3.8, 4) is 0 Å². The van der Waals surface area contributed by atoms with Crippen molar-refractivity contribution in [3.05, 3.63) is 42.7 Å². The molecule has 88 valence electrons. The SMILES string of the molecule is C=CC(C)Nc1nc2ccccn2c1C(=O)O. The molecule has 0 amide bonds. The molecule has 0 bridgehead atoms. The Morgan fingerprint density at radius 1 is 1.65 bits per heavy atom. The van der Waals surface area contributed by atoms with E-state index in [1.807, 2.05) is 13.0 Å². The normalized spacial score (nSPS) is 12.3. The Hall–Kier alpha value is -2.30. The van der Waals surface area contributed by atoms with Crippen LogP contribution in [0.5, 0.6) is 0 Å². The van der Waals surface area contributed by atoms with E-state index >= 15 is 0 Å². The monoisotopic (exact) mass is 231 g/mol. The number of carboxylic acid groups (broad SMARTS) is 1. The van der Waals surface area contributed by atoms with Gasteiger partial charge >= 0.3 is 5.97 Å². The number of imidazole rings is 1. The summed E-state index contributed by atoms with van der Waals surface area (Å²) in [5, 5.41) is 12.2. The number of nitrogens with one attached hydrogen (secondary N) is 1. The van der Waals surface area contributed by atoms with E-state index in [9.17, 15) is 9.90 Å². The van der Waals surface area contributed by atoms with Gasteiger partial charge in [0.1, 0.15) is 5.65 Å². The van der Waals surface area contributed by atoms with Gasteiger partial charge in [0, 0.05) is 12.2 Å². The van der Waals surface area contributed by atoms with Crippen molar-refractivity contribution in [2.75, 3.05) is 5.32 Å². The smallest absolute Gasteiger partial charge is 0.356 e. The molecule has 0 spiro atoms. The number of hydrogen-bond acceptors (Lipinski definition) is 3. The molecule has 5 heteroatoms. The van der Waals surface area contributed by atoms with E-state index in [1.165, 1.54) is 0 Å². The maximum absolute atomic E-state index is 11.2. The molecule has 0 aliphatic rings. The average Bonchev–Trinajstić information content (AvgIpc) is 2.66. The first kappa shape index (κ1) is 11.2. The predicted octanol–water partition coefficient (Wildman–Crippen LogP) is 2.02. The molecule has 17 heavy (non-hydrogen) atoms. The lowest BCUT2D eigenvalue weighted by atomic mass is 10.3. The minimum atomic E-state index is -1.01. The summed E-state index contributed by atoms with van der Waals surface area (Å²) in [7, 11) is 0. The molecule has 0 saturated carbocycles. The summed E-state index contributed by atoms with van der Waals surface area (Å²) in [6.45, 7) is 5.52. The molecule has 0 saturated heterocycles. The first-order valence-electron chi connectivity index (χ1n) is 5.23. The van der Waals surface area contributed by atoms with E-state index in [2.05, 4.69) is 16.9 Å². The molecule has 0 fully saturated rings. The Kier molecular flexibility index (Phi) is 2.82. The molecular weight excluding hydrogens is 218 g/mol. The molecular formula is C12H13N3O2. The molecule has 2 rings (SSSR count). The van der Waals surface area contributed by atoms with E-state index in [0.717, 1.165) is 0 Å². The molecule has 0 aliphatic heterocycles. The average molecular weight is 231 g/mol.